The van der Waals surface area contributed by atoms with Gasteiger partial charge in [-0.25, -0.2) is 0 Å². The van der Waals surface area contributed by atoms with Gasteiger partial charge in [-0.1, -0.05) is 24.5 Å². The summed E-state index contributed by atoms with van der Waals surface area (Å²) in [5, 5.41) is 3.21. The Bertz CT molecular complexity index is 1060. The van der Waals surface area contributed by atoms with Gasteiger partial charge < -0.3 is 28.8 Å². The number of amides is 2. The van der Waals surface area contributed by atoms with Crippen LogP contribution in [0.4, 0.5) is 0 Å². The van der Waals surface area contributed by atoms with E-state index >= 15 is 0 Å². The Kier molecular flexibility index (Phi) is 9.14. The first-order valence-electron chi connectivity index (χ1n) is 13.2. The average molecular weight is 511 g/mol. The van der Waals surface area contributed by atoms with Gasteiger partial charge in [-0.15, -0.1) is 0 Å². The van der Waals surface area contributed by atoms with Crippen molar-refractivity contribution in [3.63, 3.8) is 0 Å². The van der Waals surface area contributed by atoms with Crippen LogP contribution in [0.15, 0.2) is 46.6 Å². The van der Waals surface area contributed by atoms with E-state index in [4.69, 9.17) is 18.6 Å². The highest BCUT2D eigenvalue weighted by Crippen LogP contribution is 2.41. The minimum Gasteiger partial charge on any atom is -0.493 e. The number of benzene rings is 1. The summed E-state index contributed by atoms with van der Waals surface area (Å²) >= 11 is 0. The minimum atomic E-state index is -0.906. The predicted octanol–water partition coefficient (Wildman–Crippen LogP) is 5.44. The predicted molar refractivity (Wildman–Crippen MR) is 140 cm³/mol. The Morgan fingerprint density at radius 3 is 2.35 bits per heavy atom. The molecule has 2 aromatic rings. The number of methoxy groups -OCH3 is 3. The first-order valence-corrected chi connectivity index (χ1v) is 13.2. The lowest BCUT2D eigenvalue weighted by molar-refractivity contribution is -0.126. The third-order valence-corrected chi connectivity index (χ3v) is 7.32. The number of rotatable bonds is 11. The molecule has 1 fully saturated rings. The number of nitrogens with one attached hydrogen (secondary N) is 1. The summed E-state index contributed by atoms with van der Waals surface area (Å²) in [5.74, 6) is 0.927. The Morgan fingerprint density at radius 2 is 1.78 bits per heavy atom. The summed E-state index contributed by atoms with van der Waals surface area (Å²) in [5.41, 5.74) is 1.91. The van der Waals surface area contributed by atoms with Crippen LogP contribution in [0.25, 0.3) is 0 Å². The van der Waals surface area contributed by atoms with Gasteiger partial charge in [0.15, 0.2) is 17.3 Å². The molecule has 1 atom stereocenters. The molecule has 1 N–H and O–H groups in total. The first-order chi connectivity index (χ1) is 18.0. The summed E-state index contributed by atoms with van der Waals surface area (Å²) in [7, 11) is 4.61. The van der Waals surface area contributed by atoms with E-state index in [2.05, 4.69) is 11.4 Å². The van der Waals surface area contributed by atoms with Gasteiger partial charge in [-0.05, 0) is 74.8 Å². The second-order valence-electron chi connectivity index (χ2n) is 9.69. The van der Waals surface area contributed by atoms with Crippen molar-refractivity contribution in [2.75, 3.05) is 27.9 Å². The summed E-state index contributed by atoms with van der Waals surface area (Å²) in [6.45, 7) is 0.380. The molecule has 1 aromatic carbocycles. The molecule has 0 unspecified atom stereocenters. The molecule has 8 nitrogen and oxygen atoms in total. The van der Waals surface area contributed by atoms with Crippen molar-refractivity contribution < 1.29 is 28.2 Å². The maximum Gasteiger partial charge on any atom is 0.290 e. The summed E-state index contributed by atoms with van der Waals surface area (Å²) < 4.78 is 22.2. The van der Waals surface area contributed by atoms with Crippen LogP contribution in [0.1, 0.15) is 79.9 Å². The summed E-state index contributed by atoms with van der Waals surface area (Å²) in [6, 6.07) is 6.01. The largest absolute Gasteiger partial charge is 0.493 e. The van der Waals surface area contributed by atoms with E-state index in [1.807, 2.05) is 0 Å². The first kappa shape index (κ1) is 26.6. The van der Waals surface area contributed by atoms with Crippen LogP contribution in [0.2, 0.25) is 0 Å². The second kappa shape index (κ2) is 12.7. The number of allylic oxidation sites excluding steroid dienone is 1. The lowest BCUT2D eigenvalue weighted by Crippen LogP contribution is -2.46. The average Bonchev–Trinajstić information content (AvgIpc) is 3.65. The molecule has 0 saturated heterocycles. The molecule has 1 aromatic heterocycles. The van der Waals surface area contributed by atoms with E-state index in [1.165, 1.54) is 39.6 Å². The highest BCUT2D eigenvalue weighted by atomic mass is 16.5. The quantitative estimate of drug-likeness (QED) is 0.405. The Morgan fingerprint density at radius 1 is 1.05 bits per heavy atom. The van der Waals surface area contributed by atoms with Crippen molar-refractivity contribution >= 4 is 11.8 Å². The monoisotopic (exact) mass is 510 g/mol. The molecule has 0 aliphatic heterocycles. The van der Waals surface area contributed by atoms with Gasteiger partial charge in [0.2, 0.25) is 11.7 Å². The molecular formula is C29H38N2O6. The van der Waals surface area contributed by atoms with E-state index < -0.39 is 6.04 Å². The van der Waals surface area contributed by atoms with Gasteiger partial charge in [0.1, 0.15) is 6.04 Å². The van der Waals surface area contributed by atoms with Crippen molar-refractivity contribution in [1.29, 1.82) is 0 Å². The second-order valence-corrected chi connectivity index (χ2v) is 9.69. The number of ether oxygens (including phenoxy) is 3. The van der Waals surface area contributed by atoms with E-state index in [9.17, 15) is 9.59 Å². The van der Waals surface area contributed by atoms with Crippen LogP contribution in [-0.2, 0) is 4.79 Å². The molecule has 200 valence electrons. The van der Waals surface area contributed by atoms with Gasteiger partial charge >= 0.3 is 0 Å². The zero-order valence-corrected chi connectivity index (χ0v) is 22.1. The molecule has 0 radical (unpaired) electrons. The zero-order valence-electron chi connectivity index (χ0n) is 22.1. The molecule has 2 aliphatic carbocycles. The molecule has 4 rings (SSSR count). The van der Waals surface area contributed by atoms with Gasteiger partial charge in [0.25, 0.3) is 5.91 Å². The van der Waals surface area contributed by atoms with Crippen molar-refractivity contribution in [2.45, 2.75) is 69.9 Å². The van der Waals surface area contributed by atoms with Crippen molar-refractivity contribution in [2.24, 2.45) is 0 Å². The van der Waals surface area contributed by atoms with Gasteiger partial charge in [-0.2, -0.15) is 0 Å². The van der Waals surface area contributed by atoms with Gasteiger partial charge in [0, 0.05) is 12.6 Å². The third-order valence-electron chi connectivity index (χ3n) is 7.32. The minimum absolute atomic E-state index is 0.0960. The van der Waals surface area contributed by atoms with Crippen molar-refractivity contribution in [3.05, 3.63) is 53.5 Å². The highest BCUT2D eigenvalue weighted by molar-refractivity contribution is 5.96. The normalized spacial score (nSPS) is 16.6. The number of carbonyl (C=O) groups is 2. The summed E-state index contributed by atoms with van der Waals surface area (Å²) in [6.07, 6.45) is 12.9. The van der Waals surface area contributed by atoms with Crippen LogP contribution in [0.5, 0.6) is 17.2 Å². The van der Waals surface area contributed by atoms with Crippen molar-refractivity contribution in [3.8, 4) is 17.2 Å². The van der Waals surface area contributed by atoms with Crippen LogP contribution in [0.3, 0.4) is 0 Å². The van der Waals surface area contributed by atoms with E-state index in [1.54, 1.807) is 29.2 Å². The molecule has 0 spiro atoms. The maximum absolute atomic E-state index is 14.0. The fourth-order valence-electron chi connectivity index (χ4n) is 5.37. The van der Waals surface area contributed by atoms with E-state index in [0.29, 0.717) is 35.8 Å². The summed E-state index contributed by atoms with van der Waals surface area (Å²) in [4.78, 5) is 29.4. The number of carbonyl (C=O) groups excluding carboxylic acids is 2. The van der Waals surface area contributed by atoms with Gasteiger partial charge in [-0.3, -0.25) is 9.59 Å². The smallest absolute Gasteiger partial charge is 0.290 e. The Labute approximate surface area is 218 Å². The molecule has 1 heterocycles. The fraction of sp³-hybridized carbons (Fsp3) is 0.517. The molecule has 0 bridgehead atoms. The van der Waals surface area contributed by atoms with Crippen LogP contribution in [-0.4, -0.2) is 50.6 Å². The van der Waals surface area contributed by atoms with Crippen molar-refractivity contribution in [1.82, 2.24) is 10.2 Å². The van der Waals surface area contributed by atoms with Gasteiger partial charge in [0.05, 0.1) is 27.6 Å². The molecule has 8 heteroatoms. The number of hydrogen-bond acceptors (Lipinski definition) is 6. The lowest BCUT2D eigenvalue weighted by atomic mass is 9.96. The maximum atomic E-state index is 14.0. The van der Waals surface area contributed by atoms with Crippen LogP contribution >= 0.6 is 0 Å². The number of nitrogens with zero attached hydrogens (tertiary/aromatic N) is 1. The SMILES string of the molecule is COc1cc([C@@H](C(=O)NC2CCCC2)N(CCC2=CCCCC2)C(=O)c2ccco2)cc(OC)c1OC. The third kappa shape index (κ3) is 6.29. The van der Waals surface area contributed by atoms with Crippen LogP contribution in [0, 0.1) is 0 Å². The van der Waals surface area contributed by atoms with Crippen LogP contribution < -0.4 is 19.5 Å². The topological polar surface area (TPSA) is 90.2 Å². The molecule has 1 saturated carbocycles. The standard InChI is InChI=1S/C29H38N2O6/c1-34-24-18-21(19-25(35-2)27(24)36-3)26(28(32)30-22-12-7-8-13-22)31(29(33)23-14-9-17-37-23)16-15-20-10-5-4-6-11-20/h9-10,14,17-19,22,26H,4-8,11-13,15-16H2,1-3H3,(H,30,32)/t26-/m0/s1. The molecule has 37 heavy (non-hydrogen) atoms. The Balaban J connectivity index is 1.76. The fourth-order valence-corrected chi connectivity index (χ4v) is 5.37. The number of furan rings is 1. The highest BCUT2D eigenvalue weighted by Gasteiger charge is 2.36. The Hall–Kier alpha value is -3.42. The van der Waals surface area contributed by atoms with E-state index in [-0.39, 0.29) is 23.6 Å². The molecule has 2 amide bonds. The lowest BCUT2D eigenvalue weighted by Gasteiger charge is -2.32. The zero-order chi connectivity index (χ0) is 26.2. The molecule has 2 aliphatic rings. The van der Waals surface area contributed by atoms with E-state index in [0.717, 1.165) is 44.9 Å². The molecular weight excluding hydrogens is 472 g/mol. The number of hydrogen-bond donors (Lipinski definition) is 1.